The van der Waals surface area contributed by atoms with Crippen molar-refractivity contribution in [3.63, 3.8) is 0 Å². The highest BCUT2D eigenvalue weighted by Gasteiger charge is 2.17. The van der Waals surface area contributed by atoms with Crippen LogP contribution in [0.5, 0.6) is 0 Å². The molecule has 96 valence electrons. The maximum absolute atomic E-state index is 11.3. The Morgan fingerprint density at radius 1 is 0.938 bits per heavy atom. The third kappa shape index (κ3) is 6.32. The minimum absolute atomic E-state index is 0.287. The molecule has 0 aromatic carbocycles. The molecule has 0 saturated carbocycles. The van der Waals surface area contributed by atoms with Gasteiger partial charge in [0.1, 0.15) is 0 Å². The van der Waals surface area contributed by atoms with E-state index < -0.39 is 22.2 Å². The van der Waals surface area contributed by atoms with Gasteiger partial charge in [-0.05, 0) is 12.8 Å². The Morgan fingerprint density at radius 3 is 1.50 bits per heavy atom. The lowest BCUT2D eigenvalue weighted by Gasteiger charge is -2.04. The molecule has 0 rings (SSSR count). The van der Waals surface area contributed by atoms with Crippen LogP contribution in [0.15, 0.2) is 8.73 Å². The van der Waals surface area contributed by atoms with Crippen molar-refractivity contribution in [3.05, 3.63) is 8.73 Å². The molecule has 0 heterocycles. The van der Waals surface area contributed by atoms with E-state index in [-0.39, 0.29) is 21.9 Å². The number of hydrogen-bond donors (Lipinski definition) is 0. The van der Waals surface area contributed by atoms with Gasteiger partial charge in [0.25, 0.3) is 0 Å². The summed E-state index contributed by atoms with van der Waals surface area (Å²) in [6.45, 7) is 4.29. The molecule has 4 nitrogen and oxygen atoms in total. The lowest BCUT2D eigenvalue weighted by molar-refractivity contribution is 0.349. The zero-order valence-electron chi connectivity index (χ0n) is 9.03. The predicted molar refractivity (Wildman–Crippen MR) is 67.5 cm³/mol. The summed E-state index contributed by atoms with van der Waals surface area (Å²) in [5.41, 5.74) is 0. The Balaban J connectivity index is 4.43. The standard InChI is InChI=1S/C8H14Cl2O4S2/c1-3-5-13-15(11)7(9)8(10)16(12)14-6-4-2/h3-6H2,1-2H3/b8-7+. The van der Waals surface area contributed by atoms with Gasteiger partial charge in [-0.1, -0.05) is 37.0 Å². The van der Waals surface area contributed by atoms with Crippen molar-refractivity contribution in [2.24, 2.45) is 0 Å². The average Bonchev–Trinajstić information content (AvgIpc) is 2.30. The monoisotopic (exact) mass is 308 g/mol. The van der Waals surface area contributed by atoms with Gasteiger partial charge in [-0.2, -0.15) is 0 Å². The molecular weight excluding hydrogens is 295 g/mol. The highest BCUT2D eigenvalue weighted by Crippen LogP contribution is 2.22. The molecule has 2 unspecified atom stereocenters. The van der Waals surface area contributed by atoms with Crippen molar-refractivity contribution < 1.29 is 16.8 Å². The van der Waals surface area contributed by atoms with Gasteiger partial charge in [-0.25, -0.2) is 8.42 Å². The van der Waals surface area contributed by atoms with E-state index in [1.54, 1.807) is 0 Å². The fraction of sp³-hybridized carbons (Fsp3) is 0.750. The highest BCUT2D eigenvalue weighted by molar-refractivity contribution is 7.90. The molecule has 0 spiro atoms. The predicted octanol–water partition coefficient (Wildman–Crippen LogP) is 2.77. The molecule has 0 aromatic heterocycles. The van der Waals surface area contributed by atoms with Crippen molar-refractivity contribution in [2.75, 3.05) is 13.2 Å². The second kappa shape index (κ2) is 9.56. The maximum Gasteiger partial charge on any atom is 0.203 e. The minimum Gasteiger partial charge on any atom is -0.286 e. The molecule has 0 aromatic rings. The summed E-state index contributed by atoms with van der Waals surface area (Å²) in [5.74, 6) is 0. The molecule has 0 aliphatic heterocycles. The molecule has 0 bridgehead atoms. The first-order chi connectivity index (χ1) is 7.54. The van der Waals surface area contributed by atoms with E-state index in [1.165, 1.54) is 0 Å². The van der Waals surface area contributed by atoms with E-state index in [2.05, 4.69) is 0 Å². The van der Waals surface area contributed by atoms with E-state index in [9.17, 15) is 8.42 Å². The molecule has 16 heavy (non-hydrogen) atoms. The topological polar surface area (TPSA) is 52.6 Å². The third-order valence-electron chi connectivity index (χ3n) is 1.24. The van der Waals surface area contributed by atoms with Crippen LogP contribution in [0.3, 0.4) is 0 Å². The van der Waals surface area contributed by atoms with Crippen LogP contribution in [0, 0.1) is 0 Å². The fourth-order valence-electron chi connectivity index (χ4n) is 0.553. The van der Waals surface area contributed by atoms with Crippen molar-refractivity contribution in [1.82, 2.24) is 0 Å². The quantitative estimate of drug-likeness (QED) is 0.692. The number of rotatable bonds is 8. The highest BCUT2D eigenvalue weighted by atomic mass is 35.5. The van der Waals surface area contributed by atoms with Gasteiger partial charge < -0.3 is 0 Å². The Morgan fingerprint density at radius 2 is 1.25 bits per heavy atom. The Hall–Kier alpha value is 0.540. The molecule has 0 N–H and O–H groups in total. The van der Waals surface area contributed by atoms with Gasteiger partial charge in [0.2, 0.25) is 22.2 Å². The van der Waals surface area contributed by atoms with E-state index in [0.717, 1.165) is 0 Å². The van der Waals surface area contributed by atoms with E-state index >= 15 is 0 Å². The number of halogens is 2. The summed E-state index contributed by atoms with van der Waals surface area (Å²) < 4.78 is 31.8. The Bertz CT molecular complexity index is 266. The van der Waals surface area contributed by atoms with E-state index in [1.807, 2.05) is 13.8 Å². The second-order valence-electron chi connectivity index (χ2n) is 2.66. The van der Waals surface area contributed by atoms with Crippen molar-refractivity contribution in [2.45, 2.75) is 26.7 Å². The zero-order chi connectivity index (χ0) is 12.6. The normalized spacial score (nSPS) is 16.8. The summed E-state index contributed by atoms with van der Waals surface area (Å²) in [7, 11) is 0. The smallest absolute Gasteiger partial charge is 0.203 e. The summed E-state index contributed by atoms with van der Waals surface area (Å²) in [6.07, 6.45) is 1.39. The van der Waals surface area contributed by atoms with Gasteiger partial charge in [0.15, 0.2) is 8.73 Å². The average molecular weight is 309 g/mol. The van der Waals surface area contributed by atoms with Gasteiger partial charge in [0.05, 0.1) is 13.2 Å². The third-order valence-corrected chi connectivity index (χ3v) is 4.58. The van der Waals surface area contributed by atoms with Crippen LogP contribution >= 0.6 is 23.2 Å². The fourth-order valence-corrected chi connectivity index (χ4v) is 2.71. The molecule has 2 atom stereocenters. The van der Waals surface area contributed by atoms with Crippen LogP contribution < -0.4 is 0 Å². The lowest BCUT2D eigenvalue weighted by atomic mass is 10.5. The van der Waals surface area contributed by atoms with Crippen LogP contribution in [0.2, 0.25) is 0 Å². The molecule has 0 aliphatic carbocycles. The summed E-state index contributed by atoms with van der Waals surface area (Å²) in [6, 6.07) is 0. The summed E-state index contributed by atoms with van der Waals surface area (Å²) >= 11 is 7.52. The SMILES string of the molecule is CCCOS(=O)/C(Cl)=C(\Cl)S(=O)OCCC. The van der Waals surface area contributed by atoms with Crippen LogP contribution in [0.4, 0.5) is 0 Å². The van der Waals surface area contributed by atoms with Crippen LogP contribution in [0.25, 0.3) is 0 Å². The molecule has 0 amide bonds. The van der Waals surface area contributed by atoms with Gasteiger partial charge in [0, 0.05) is 0 Å². The van der Waals surface area contributed by atoms with Gasteiger partial charge >= 0.3 is 0 Å². The van der Waals surface area contributed by atoms with Crippen molar-refractivity contribution in [3.8, 4) is 0 Å². The largest absolute Gasteiger partial charge is 0.286 e. The second-order valence-corrected chi connectivity index (χ2v) is 6.09. The molecular formula is C8H14Cl2O4S2. The van der Waals surface area contributed by atoms with Crippen molar-refractivity contribution >= 4 is 45.4 Å². The van der Waals surface area contributed by atoms with E-state index in [0.29, 0.717) is 12.8 Å². The first-order valence-electron chi connectivity index (χ1n) is 4.69. The molecule has 0 radical (unpaired) electrons. The van der Waals surface area contributed by atoms with Crippen LogP contribution in [-0.4, -0.2) is 21.6 Å². The molecule has 0 saturated heterocycles. The summed E-state index contributed by atoms with van der Waals surface area (Å²) in [5, 5.41) is 0. The lowest BCUT2D eigenvalue weighted by Crippen LogP contribution is -2.04. The van der Waals surface area contributed by atoms with Crippen molar-refractivity contribution in [1.29, 1.82) is 0 Å². The molecule has 8 heteroatoms. The Kier molecular flexibility index (Phi) is 9.88. The summed E-state index contributed by atoms with van der Waals surface area (Å²) in [4.78, 5) is 0. The van der Waals surface area contributed by atoms with E-state index in [4.69, 9.17) is 31.6 Å². The van der Waals surface area contributed by atoms with Crippen LogP contribution in [-0.2, 0) is 30.5 Å². The molecule has 0 aliphatic rings. The van der Waals surface area contributed by atoms with Gasteiger partial charge in [-0.3, -0.25) is 8.37 Å². The Labute approximate surface area is 111 Å². The first-order valence-corrected chi connectivity index (χ1v) is 7.60. The minimum atomic E-state index is -1.88. The first kappa shape index (κ1) is 16.5. The zero-order valence-corrected chi connectivity index (χ0v) is 12.2. The van der Waals surface area contributed by atoms with Crippen LogP contribution in [0.1, 0.15) is 26.7 Å². The van der Waals surface area contributed by atoms with Gasteiger partial charge in [-0.15, -0.1) is 0 Å². The maximum atomic E-state index is 11.3. The number of hydrogen-bond acceptors (Lipinski definition) is 4. The molecule has 0 fully saturated rings.